The smallest absolute Gasteiger partial charge is 0.372 e. The largest absolute Gasteiger partial charge is 0.416 e. The minimum absolute atomic E-state index is 0.250. The molecule has 0 heterocycles. The van der Waals surface area contributed by atoms with Crippen molar-refractivity contribution in [1.82, 2.24) is 0 Å². The number of nitrogens with two attached hydrogens (primary N) is 1. The van der Waals surface area contributed by atoms with Crippen LogP contribution in [0, 0.1) is 13.8 Å². The zero-order chi connectivity index (χ0) is 12.1. The molecule has 2 nitrogen and oxygen atoms in total. The van der Waals surface area contributed by atoms with E-state index in [0.717, 1.165) is 17.7 Å². The Hall–Kier alpha value is -1.52. The van der Waals surface area contributed by atoms with Crippen LogP contribution in [-0.4, -0.2) is 6.41 Å². The maximum Gasteiger partial charge on any atom is 0.416 e. The molecule has 0 saturated carbocycles. The normalized spacial score (nSPS) is 10.2. The van der Waals surface area contributed by atoms with E-state index < -0.39 is 11.7 Å². The highest BCUT2D eigenvalue weighted by Crippen LogP contribution is 2.30. The molecule has 1 rings (SSSR count). The Morgan fingerprint density at radius 2 is 1.67 bits per heavy atom. The van der Waals surface area contributed by atoms with Gasteiger partial charge < -0.3 is 5.73 Å². The van der Waals surface area contributed by atoms with E-state index in [9.17, 15) is 13.2 Å². The third kappa shape index (κ3) is 4.49. The molecule has 1 aromatic rings. The Kier molecular flexibility index (Phi) is 4.84. The number of hydrogen-bond donors (Lipinski definition) is 1. The number of benzene rings is 1. The molecule has 0 aliphatic rings. The maximum atomic E-state index is 12.1. The number of halogens is 3. The van der Waals surface area contributed by atoms with E-state index in [1.165, 1.54) is 6.07 Å². The Bertz CT molecular complexity index is 334. The molecule has 0 aliphatic heterocycles. The molecule has 5 heteroatoms. The van der Waals surface area contributed by atoms with E-state index in [4.69, 9.17) is 4.79 Å². The van der Waals surface area contributed by atoms with Crippen LogP contribution in [0.25, 0.3) is 0 Å². The van der Waals surface area contributed by atoms with Crippen LogP contribution in [0.4, 0.5) is 13.2 Å². The summed E-state index contributed by atoms with van der Waals surface area (Å²) in [6.45, 7) is 3.46. The van der Waals surface area contributed by atoms with Gasteiger partial charge in [-0.3, -0.25) is 4.79 Å². The SMILES string of the molecule is Cc1ccc(C(F)(F)F)cc1C.NC=O. The van der Waals surface area contributed by atoms with Gasteiger partial charge in [-0.15, -0.1) is 0 Å². The standard InChI is InChI=1S/C9H9F3.CH3NO/c1-6-3-4-8(5-7(6)2)9(10,11)12;2-1-3/h3-5H,1-2H3;1H,(H2,2,3). The first-order valence-corrected chi connectivity index (χ1v) is 4.12. The number of rotatable bonds is 0. The van der Waals surface area contributed by atoms with E-state index in [0.29, 0.717) is 5.56 Å². The van der Waals surface area contributed by atoms with Crippen LogP contribution in [0.3, 0.4) is 0 Å². The fourth-order valence-corrected chi connectivity index (χ4v) is 0.918. The molecule has 2 N–H and O–H groups in total. The molecule has 1 amide bonds. The first-order chi connectivity index (χ1) is 6.82. The van der Waals surface area contributed by atoms with Gasteiger partial charge in [-0.05, 0) is 37.1 Å². The number of primary amides is 1. The van der Waals surface area contributed by atoms with Gasteiger partial charge in [0.25, 0.3) is 0 Å². The van der Waals surface area contributed by atoms with E-state index in [2.05, 4.69) is 5.73 Å². The molecule has 0 saturated heterocycles. The Morgan fingerprint density at radius 1 is 1.20 bits per heavy atom. The quantitative estimate of drug-likeness (QED) is 0.669. The Morgan fingerprint density at radius 3 is 2.00 bits per heavy atom. The third-order valence-electron chi connectivity index (χ3n) is 1.83. The van der Waals surface area contributed by atoms with Crippen molar-refractivity contribution in [2.75, 3.05) is 0 Å². The minimum atomic E-state index is -4.22. The van der Waals surface area contributed by atoms with Gasteiger partial charge in [-0.2, -0.15) is 13.2 Å². The molecule has 0 aliphatic carbocycles. The highest BCUT2D eigenvalue weighted by atomic mass is 19.4. The number of hydrogen-bond acceptors (Lipinski definition) is 1. The molecule has 0 fully saturated rings. The summed E-state index contributed by atoms with van der Waals surface area (Å²) in [4.78, 5) is 8.58. The van der Waals surface area contributed by atoms with Crippen LogP contribution in [-0.2, 0) is 11.0 Å². The van der Waals surface area contributed by atoms with Crippen molar-refractivity contribution in [2.45, 2.75) is 20.0 Å². The number of amides is 1. The molecule has 0 radical (unpaired) electrons. The van der Waals surface area contributed by atoms with Gasteiger partial charge in [0.2, 0.25) is 6.41 Å². The lowest BCUT2D eigenvalue weighted by atomic mass is 10.1. The van der Waals surface area contributed by atoms with Crippen molar-refractivity contribution in [3.05, 3.63) is 34.9 Å². The molecule has 0 aromatic heterocycles. The third-order valence-corrected chi connectivity index (χ3v) is 1.83. The van der Waals surface area contributed by atoms with Crippen LogP contribution in [0.5, 0.6) is 0 Å². The minimum Gasteiger partial charge on any atom is -0.372 e. The van der Waals surface area contributed by atoms with Crippen molar-refractivity contribution in [3.63, 3.8) is 0 Å². The first-order valence-electron chi connectivity index (χ1n) is 4.12. The summed E-state index contributed by atoms with van der Waals surface area (Å²) < 4.78 is 36.3. The topological polar surface area (TPSA) is 43.1 Å². The van der Waals surface area contributed by atoms with Crippen LogP contribution in [0.15, 0.2) is 18.2 Å². The van der Waals surface area contributed by atoms with Crippen LogP contribution >= 0.6 is 0 Å². The molecule has 0 unspecified atom stereocenters. The Labute approximate surface area is 85.9 Å². The number of alkyl halides is 3. The van der Waals surface area contributed by atoms with Crippen molar-refractivity contribution in [3.8, 4) is 0 Å². The molecule has 0 spiro atoms. The summed E-state index contributed by atoms with van der Waals surface area (Å²) >= 11 is 0. The fraction of sp³-hybridized carbons (Fsp3) is 0.300. The average Bonchev–Trinajstić information content (AvgIpc) is 2.09. The Balaban J connectivity index is 0.000000583. The monoisotopic (exact) mass is 219 g/mol. The molecule has 0 bridgehead atoms. The summed E-state index contributed by atoms with van der Waals surface area (Å²) in [5.74, 6) is 0. The predicted octanol–water partition coefficient (Wildman–Crippen LogP) is 2.42. The second-order valence-electron chi connectivity index (χ2n) is 2.93. The van der Waals surface area contributed by atoms with Gasteiger partial charge in [-0.1, -0.05) is 6.07 Å². The number of carbonyl (C=O) groups excluding carboxylic acids is 1. The van der Waals surface area contributed by atoms with Crippen molar-refractivity contribution >= 4 is 6.41 Å². The van der Waals surface area contributed by atoms with Gasteiger partial charge >= 0.3 is 6.18 Å². The summed E-state index contributed by atoms with van der Waals surface area (Å²) in [6, 6.07) is 3.75. The molecule has 84 valence electrons. The first kappa shape index (κ1) is 13.5. The zero-order valence-corrected chi connectivity index (χ0v) is 8.43. The van der Waals surface area contributed by atoms with Gasteiger partial charge in [0.1, 0.15) is 0 Å². The molecule has 1 aromatic carbocycles. The highest BCUT2D eigenvalue weighted by Gasteiger charge is 2.30. The van der Waals surface area contributed by atoms with Crippen LogP contribution in [0.1, 0.15) is 16.7 Å². The fourth-order valence-electron chi connectivity index (χ4n) is 0.918. The lowest BCUT2D eigenvalue weighted by molar-refractivity contribution is -0.137. The molecule has 15 heavy (non-hydrogen) atoms. The molecular weight excluding hydrogens is 207 g/mol. The lowest BCUT2D eigenvalue weighted by Gasteiger charge is -2.08. The molecule has 0 atom stereocenters. The second kappa shape index (κ2) is 5.38. The van der Waals surface area contributed by atoms with Crippen molar-refractivity contribution in [1.29, 1.82) is 0 Å². The highest BCUT2D eigenvalue weighted by molar-refractivity contribution is 5.42. The van der Waals surface area contributed by atoms with Gasteiger partial charge in [-0.25, -0.2) is 0 Å². The van der Waals surface area contributed by atoms with Crippen molar-refractivity contribution < 1.29 is 18.0 Å². The summed E-state index contributed by atoms with van der Waals surface area (Å²) in [6.07, 6.45) is -3.97. The van der Waals surface area contributed by atoms with E-state index in [-0.39, 0.29) is 6.41 Å². The second-order valence-corrected chi connectivity index (χ2v) is 2.93. The van der Waals surface area contributed by atoms with E-state index in [1.54, 1.807) is 13.8 Å². The maximum absolute atomic E-state index is 12.1. The number of aryl methyl sites for hydroxylation is 2. The van der Waals surface area contributed by atoms with Gasteiger partial charge in [0, 0.05) is 0 Å². The summed E-state index contributed by atoms with van der Waals surface area (Å²) in [5, 5.41) is 0. The van der Waals surface area contributed by atoms with Crippen molar-refractivity contribution in [2.24, 2.45) is 5.73 Å². The lowest BCUT2D eigenvalue weighted by Crippen LogP contribution is -2.05. The number of carbonyl (C=O) groups is 1. The summed E-state index contributed by atoms with van der Waals surface area (Å²) in [7, 11) is 0. The van der Waals surface area contributed by atoms with E-state index in [1.807, 2.05) is 0 Å². The predicted molar refractivity (Wildman–Crippen MR) is 51.2 cm³/mol. The van der Waals surface area contributed by atoms with Gasteiger partial charge in [0.05, 0.1) is 5.56 Å². The zero-order valence-electron chi connectivity index (χ0n) is 8.43. The van der Waals surface area contributed by atoms with Crippen LogP contribution < -0.4 is 5.73 Å². The molecular formula is C10H12F3NO. The average molecular weight is 219 g/mol. The summed E-state index contributed by atoms with van der Waals surface area (Å²) in [5.41, 5.74) is 5.14. The van der Waals surface area contributed by atoms with Crippen LogP contribution in [0.2, 0.25) is 0 Å². The van der Waals surface area contributed by atoms with E-state index >= 15 is 0 Å². The van der Waals surface area contributed by atoms with Gasteiger partial charge in [0.15, 0.2) is 0 Å².